The van der Waals surface area contributed by atoms with Gasteiger partial charge >= 0.3 is 0 Å². The summed E-state index contributed by atoms with van der Waals surface area (Å²) in [5, 5.41) is 5.69. The van der Waals surface area contributed by atoms with Crippen LogP contribution in [0.2, 0.25) is 5.02 Å². The van der Waals surface area contributed by atoms with Gasteiger partial charge < -0.3 is 0 Å². The first-order chi connectivity index (χ1) is 5.75. The summed E-state index contributed by atoms with van der Waals surface area (Å²) in [6, 6.07) is 0. The lowest BCUT2D eigenvalue weighted by molar-refractivity contribution is 0.759. The van der Waals surface area contributed by atoms with Crippen molar-refractivity contribution in [1.82, 2.24) is 9.78 Å². The maximum Gasteiger partial charge on any atom is 0.0859 e. The lowest BCUT2D eigenvalue weighted by atomic mass is 10.3. The van der Waals surface area contributed by atoms with E-state index < -0.39 is 0 Å². The number of hydrogen-bond acceptors (Lipinski definition) is 1. The summed E-state index contributed by atoms with van der Waals surface area (Å²) < 4.78 is 1.76. The second kappa shape index (κ2) is 4.67. The van der Waals surface area contributed by atoms with Crippen LogP contribution in [0.25, 0.3) is 6.08 Å². The van der Waals surface area contributed by atoms with Crippen LogP contribution in [0.1, 0.15) is 12.1 Å². The molecule has 0 saturated heterocycles. The van der Waals surface area contributed by atoms with E-state index in [2.05, 4.69) is 27.1 Å². The second-order valence-corrected chi connectivity index (χ2v) is 3.58. The zero-order valence-corrected chi connectivity index (χ0v) is 9.14. The molecule has 0 N–H and O–H groups in total. The molecule has 2 nitrogen and oxygen atoms in total. The van der Waals surface area contributed by atoms with Crippen molar-refractivity contribution < 1.29 is 0 Å². The summed E-state index contributed by atoms with van der Waals surface area (Å²) in [5.74, 6) is 0. The van der Waals surface area contributed by atoms with Crippen LogP contribution in [0.15, 0.2) is 12.3 Å². The van der Waals surface area contributed by atoms with Crippen LogP contribution in [0.5, 0.6) is 0 Å². The second-order valence-electron chi connectivity index (χ2n) is 2.38. The molecule has 66 valence electrons. The molecule has 0 bridgehead atoms. The number of allylic oxidation sites excluding steroid dienone is 1. The molecule has 0 aromatic carbocycles. The third-order valence-corrected chi connectivity index (χ3v) is 2.24. The van der Waals surface area contributed by atoms with Gasteiger partial charge in [0.25, 0.3) is 0 Å². The highest BCUT2D eigenvalue weighted by molar-refractivity contribution is 9.09. The Hall–Kier alpha value is -0.280. The van der Waals surface area contributed by atoms with Crippen LogP contribution in [-0.2, 0) is 7.05 Å². The van der Waals surface area contributed by atoms with Gasteiger partial charge in [-0.25, -0.2) is 0 Å². The molecule has 1 heterocycles. The van der Waals surface area contributed by atoms with E-state index in [9.17, 15) is 0 Å². The summed E-state index contributed by atoms with van der Waals surface area (Å²) in [6.45, 7) is 0. The topological polar surface area (TPSA) is 17.8 Å². The fraction of sp³-hybridized carbons (Fsp3) is 0.375. The Bertz CT molecular complexity index is 261. The van der Waals surface area contributed by atoms with Crippen molar-refractivity contribution >= 4 is 33.6 Å². The number of rotatable bonds is 3. The van der Waals surface area contributed by atoms with Gasteiger partial charge in [-0.3, -0.25) is 4.68 Å². The molecule has 0 aliphatic heterocycles. The van der Waals surface area contributed by atoms with E-state index >= 15 is 0 Å². The highest BCUT2D eigenvalue weighted by Crippen LogP contribution is 2.15. The Morgan fingerprint density at radius 3 is 3.00 bits per heavy atom. The van der Waals surface area contributed by atoms with Crippen LogP contribution in [0.4, 0.5) is 0 Å². The average molecular weight is 250 g/mol. The average Bonchev–Trinajstić information content (AvgIpc) is 2.35. The van der Waals surface area contributed by atoms with E-state index in [4.69, 9.17) is 11.6 Å². The molecule has 0 atom stereocenters. The molecule has 4 heteroatoms. The molecule has 0 aliphatic carbocycles. The van der Waals surface area contributed by atoms with E-state index in [0.717, 1.165) is 17.4 Å². The molecule has 0 saturated carbocycles. The van der Waals surface area contributed by atoms with Crippen molar-refractivity contribution in [2.75, 3.05) is 5.33 Å². The summed E-state index contributed by atoms with van der Waals surface area (Å²) in [4.78, 5) is 0. The maximum atomic E-state index is 5.88. The van der Waals surface area contributed by atoms with E-state index in [-0.39, 0.29) is 0 Å². The van der Waals surface area contributed by atoms with Gasteiger partial charge in [0.05, 0.1) is 16.9 Å². The molecule has 1 rings (SSSR count). The molecule has 0 fully saturated rings. The van der Waals surface area contributed by atoms with Gasteiger partial charge in [0, 0.05) is 12.4 Å². The smallest absolute Gasteiger partial charge is 0.0859 e. The molecule has 0 radical (unpaired) electrons. The van der Waals surface area contributed by atoms with Crippen LogP contribution in [0.3, 0.4) is 0 Å². The minimum absolute atomic E-state index is 0.698. The van der Waals surface area contributed by atoms with Gasteiger partial charge in [0.2, 0.25) is 0 Å². The first-order valence-electron chi connectivity index (χ1n) is 3.65. The minimum Gasteiger partial charge on any atom is -0.267 e. The normalized spacial score (nSPS) is 11.2. The summed E-state index contributed by atoms with van der Waals surface area (Å²) in [5.41, 5.74) is 0.956. The molecule has 1 aromatic heterocycles. The van der Waals surface area contributed by atoms with Gasteiger partial charge in [-0.05, 0) is 12.5 Å². The molecule has 1 aromatic rings. The van der Waals surface area contributed by atoms with Gasteiger partial charge in [0.1, 0.15) is 0 Å². The lowest BCUT2D eigenvalue weighted by Gasteiger charge is -1.94. The summed E-state index contributed by atoms with van der Waals surface area (Å²) >= 11 is 9.22. The van der Waals surface area contributed by atoms with Crippen LogP contribution >= 0.6 is 27.5 Å². The zero-order valence-electron chi connectivity index (χ0n) is 6.80. The van der Waals surface area contributed by atoms with Crippen LogP contribution in [0, 0.1) is 0 Å². The zero-order chi connectivity index (χ0) is 8.97. The highest BCUT2D eigenvalue weighted by atomic mass is 79.9. The van der Waals surface area contributed by atoms with E-state index in [1.807, 2.05) is 13.1 Å². The number of aryl methyl sites for hydroxylation is 1. The lowest BCUT2D eigenvalue weighted by Crippen LogP contribution is -1.92. The first-order valence-corrected chi connectivity index (χ1v) is 5.15. The van der Waals surface area contributed by atoms with Crippen molar-refractivity contribution in [3.8, 4) is 0 Å². The monoisotopic (exact) mass is 248 g/mol. The Labute approximate surface area is 85.3 Å². The van der Waals surface area contributed by atoms with Gasteiger partial charge in [-0.2, -0.15) is 5.10 Å². The van der Waals surface area contributed by atoms with Crippen molar-refractivity contribution in [3.05, 3.63) is 23.0 Å². The molecule has 0 spiro atoms. The van der Waals surface area contributed by atoms with Crippen LogP contribution in [-0.4, -0.2) is 15.1 Å². The van der Waals surface area contributed by atoms with Crippen molar-refractivity contribution in [2.24, 2.45) is 7.05 Å². The maximum absolute atomic E-state index is 5.88. The minimum atomic E-state index is 0.698. The number of alkyl halides is 1. The van der Waals surface area contributed by atoms with E-state index in [1.165, 1.54) is 0 Å². The quantitative estimate of drug-likeness (QED) is 0.753. The van der Waals surface area contributed by atoms with Crippen molar-refractivity contribution in [1.29, 1.82) is 0 Å². The summed E-state index contributed by atoms with van der Waals surface area (Å²) in [7, 11) is 1.87. The van der Waals surface area contributed by atoms with Crippen LogP contribution < -0.4 is 0 Å². The fourth-order valence-electron chi connectivity index (χ4n) is 0.866. The molecule has 0 amide bonds. The standard InChI is InChI=1S/C8H10BrClN2/c1-12-8(4-2-3-5-9)7(10)6-11-12/h2,4,6H,3,5H2,1H3/b4-2+. The van der Waals surface area contributed by atoms with E-state index in [0.29, 0.717) is 5.02 Å². The predicted octanol–water partition coefficient (Wildman–Crippen LogP) is 2.87. The predicted molar refractivity (Wildman–Crippen MR) is 55.7 cm³/mol. The third kappa shape index (κ3) is 2.35. The molecular formula is C8H10BrClN2. The third-order valence-electron chi connectivity index (χ3n) is 1.49. The summed E-state index contributed by atoms with van der Waals surface area (Å²) in [6.07, 6.45) is 6.70. The molecular weight excluding hydrogens is 239 g/mol. The van der Waals surface area contributed by atoms with Gasteiger partial charge in [0.15, 0.2) is 0 Å². The number of aromatic nitrogens is 2. The number of hydrogen-bond donors (Lipinski definition) is 0. The van der Waals surface area contributed by atoms with Gasteiger partial charge in [-0.15, -0.1) is 0 Å². The SMILES string of the molecule is Cn1ncc(Cl)c1/C=C/CCBr. The van der Waals surface area contributed by atoms with Crippen molar-refractivity contribution in [2.45, 2.75) is 6.42 Å². The largest absolute Gasteiger partial charge is 0.267 e. The molecule has 0 aliphatic rings. The number of nitrogens with zero attached hydrogens (tertiary/aromatic N) is 2. The Morgan fingerprint density at radius 1 is 1.75 bits per heavy atom. The van der Waals surface area contributed by atoms with E-state index in [1.54, 1.807) is 10.9 Å². The highest BCUT2D eigenvalue weighted by Gasteiger charge is 2.00. The van der Waals surface area contributed by atoms with Gasteiger partial charge in [-0.1, -0.05) is 33.6 Å². The van der Waals surface area contributed by atoms with Crippen molar-refractivity contribution in [3.63, 3.8) is 0 Å². The number of halogens is 2. The molecule has 12 heavy (non-hydrogen) atoms. The Morgan fingerprint density at radius 2 is 2.50 bits per heavy atom. The Kier molecular flexibility index (Phi) is 3.82. The first kappa shape index (κ1) is 9.81. The fourth-order valence-corrected chi connectivity index (χ4v) is 1.36. The molecule has 0 unspecified atom stereocenters. The Balaban J connectivity index is 2.73.